The van der Waals surface area contributed by atoms with E-state index in [1.807, 2.05) is 13.8 Å². The Morgan fingerprint density at radius 1 is 1.23 bits per heavy atom. The number of ether oxygens (including phenoxy) is 1. The van der Waals surface area contributed by atoms with Crippen molar-refractivity contribution in [1.82, 2.24) is 14.5 Å². The van der Waals surface area contributed by atoms with Crippen LogP contribution >= 0.6 is 12.4 Å². The van der Waals surface area contributed by atoms with Gasteiger partial charge in [-0.15, -0.1) is 12.4 Å². The van der Waals surface area contributed by atoms with Crippen molar-refractivity contribution in [3.05, 3.63) is 41.6 Å². The molecule has 1 saturated heterocycles. The highest BCUT2D eigenvalue weighted by atomic mass is 35.5. The summed E-state index contributed by atoms with van der Waals surface area (Å²) in [6.07, 6.45) is 4.15. The lowest BCUT2D eigenvalue weighted by Crippen LogP contribution is -2.31. The van der Waals surface area contributed by atoms with Crippen molar-refractivity contribution in [2.24, 2.45) is 5.92 Å². The molecule has 2 aromatic rings. The van der Waals surface area contributed by atoms with E-state index in [0.717, 1.165) is 49.7 Å². The van der Waals surface area contributed by atoms with Crippen LogP contribution in [0.3, 0.4) is 0 Å². The molecule has 31 heavy (non-hydrogen) atoms. The second-order valence-electron chi connectivity index (χ2n) is 9.08. The van der Waals surface area contributed by atoms with Gasteiger partial charge in [0.2, 0.25) is 0 Å². The zero-order valence-corrected chi connectivity index (χ0v) is 20.1. The third kappa shape index (κ3) is 5.86. The molecule has 1 aromatic carbocycles. The van der Waals surface area contributed by atoms with Gasteiger partial charge in [0.25, 0.3) is 5.91 Å². The van der Waals surface area contributed by atoms with Gasteiger partial charge in [0, 0.05) is 50.0 Å². The molecule has 1 aromatic heterocycles. The number of hydrogen-bond acceptors (Lipinski definition) is 3. The maximum absolute atomic E-state index is 14.5. The van der Waals surface area contributed by atoms with E-state index in [-0.39, 0.29) is 29.3 Å². The highest BCUT2D eigenvalue weighted by Gasteiger charge is 2.25. The third-order valence-corrected chi connectivity index (χ3v) is 5.79. The number of halogens is 2. The molecule has 0 radical (unpaired) electrons. The molecule has 0 atom stereocenters. The zero-order valence-electron chi connectivity index (χ0n) is 19.3. The van der Waals surface area contributed by atoms with Crippen molar-refractivity contribution < 1.29 is 13.9 Å². The largest absolute Gasteiger partial charge is 0.381 e. The molecular formula is C24H35ClFN3O2. The quantitative estimate of drug-likeness (QED) is 0.597. The van der Waals surface area contributed by atoms with Crippen LogP contribution < -0.4 is 0 Å². The van der Waals surface area contributed by atoms with Crippen LogP contribution in [-0.4, -0.2) is 46.7 Å². The Morgan fingerprint density at radius 2 is 1.87 bits per heavy atom. The topological polar surface area (TPSA) is 47.4 Å². The van der Waals surface area contributed by atoms with Crippen LogP contribution in [0, 0.1) is 11.7 Å². The maximum Gasteiger partial charge on any atom is 0.256 e. The number of aromatic nitrogens is 2. The standard InChI is InChI=1S/C24H34FN3O2.ClH/c1-6-27(7-2)22(29)19-14-18(8-9-20(19)25)21-16-28(23(26-21)24(3,4)5)15-17-10-12-30-13-11-17;/h8-9,14,16-17H,6-7,10-13,15H2,1-5H3;1H. The average Bonchev–Trinajstić information content (AvgIpc) is 3.14. The Morgan fingerprint density at radius 3 is 2.45 bits per heavy atom. The van der Waals surface area contributed by atoms with E-state index in [4.69, 9.17) is 9.72 Å². The smallest absolute Gasteiger partial charge is 0.256 e. The second-order valence-corrected chi connectivity index (χ2v) is 9.08. The number of benzene rings is 1. The Bertz CT molecular complexity index is 881. The van der Waals surface area contributed by atoms with Crippen molar-refractivity contribution in [2.45, 2.75) is 59.4 Å². The van der Waals surface area contributed by atoms with Gasteiger partial charge in [0.1, 0.15) is 11.6 Å². The highest BCUT2D eigenvalue weighted by molar-refractivity contribution is 5.95. The SMILES string of the molecule is CCN(CC)C(=O)c1cc(-c2cn(CC3CCOCC3)c(C(C)(C)C)n2)ccc1F.Cl. The van der Waals surface area contributed by atoms with Gasteiger partial charge in [0.05, 0.1) is 11.3 Å². The molecule has 0 saturated carbocycles. The summed E-state index contributed by atoms with van der Waals surface area (Å²) in [4.78, 5) is 19.3. The second kappa shape index (κ2) is 10.6. The summed E-state index contributed by atoms with van der Waals surface area (Å²) in [6.45, 7) is 13.9. The molecule has 1 fully saturated rings. The minimum atomic E-state index is -0.492. The van der Waals surface area contributed by atoms with E-state index in [9.17, 15) is 9.18 Å². The Kier molecular flexibility index (Phi) is 8.66. The Balaban J connectivity index is 0.00000341. The monoisotopic (exact) mass is 451 g/mol. The van der Waals surface area contributed by atoms with E-state index in [0.29, 0.717) is 19.0 Å². The molecule has 1 aliphatic heterocycles. The van der Waals surface area contributed by atoms with Crippen LogP contribution in [0.2, 0.25) is 0 Å². The molecule has 1 amide bonds. The molecule has 2 heterocycles. The number of imidazole rings is 1. The van der Waals surface area contributed by atoms with Crippen molar-refractivity contribution in [1.29, 1.82) is 0 Å². The van der Waals surface area contributed by atoms with Gasteiger partial charge in [-0.1, -0.05) is 20.8 Å². The van der Waals surface area contributed by atoms with Crippen molar-refractivity contribution >= 4 is 18.3 Å². The lowest BCUT2D eigenvalue weighted by atomic mass is 9.94. The zero-order chi connectivity index (χ0) is 21.9. The Labute approximate surface area is 191 Å². The third-order valence-electron chi connectivity index (χ3n) is 5.79. The minimum absolute atomic E-state index is 0. The fourth-order valence-electron chi connectivity index (χ4n) is 4.03. The van der Waals surface area contributed by atoms with E-state index >= 15 is 0 Å². The molecular weight excluding hydrogens is 417 g/mol. The van der Waals surface area contributed by atoms with Gasteiger partial charge in [0.15, 0.2) is 0 Å². The van der Waals surface area contributed by atoms with E-state index < -0.39 is 5.82 Å². The first-order chi connectivity index (χ1) is 14.2. The van der Waals surface area contributed by atoms with Crippen LogP contribution in [0.25, 0.3) is 11.3 Å². The summed E-state index contributed by atoms with van der Waals surface area (Å²) in [7, 11) is 0. The summed E-state index contributed by atoms with van der Waals surface area (Å²) in [5.74, 6) is 0.797. The highest BCUT2D eigenvalue weighted by Crippen LogP contribution is 2.29. The van der Waals surface area contributed by atoms with Crippen molar-refractivity contribution in [3.63, 3.8) is 0 Å². The van der Waals surface area contributed by atoms with Gasteiger partial charge in [-0.05, 0) is 50.8 Å². The lowest BCUT2D eigenvalue weighted by molar-refractivity contribution is 0.0607. The molecule has 0 bridgehead atoms. The van der Waals surface area contributed by atoms with Gasteiger partial charge >= 0.3 is 0 Å². The first kappa shape index (κ1) is 25.3. The molecule has 0 aliphatic carbocycles. The predicted molar refractivity (Wildman–Crippen MR) is 124 cm³/mol. The summed E-state index contributed by atoms with van der Waals surface area (Å²) < 4.78 is 22.2. The molecule has 3 rings (SSSR count). The number of carbonyl (C=O) groups excluding carboxylic acids is 1. The van der Waals surface area contributed by atoms with Gasteiger partial charge in [-0.25, -0.2) is 9.37 Å². The molecule has 5 nitrogen and oxygen atoms in total. The molecule has 0 spiro atoms. The lowest BCUT2D eigenvalue weighted by Gasteiger charge is -2.25. The van der Waals surface area contributed by atoms with Gasteiger partial charge in [-0.3, -0.25) is 4.79 Å². The number of nitrogens with zero attached hydrogens (tertiary/aromatic N) is 3. The van der Waals surface area contributed by atoms with Crippen molar-refractivity contribution in [2.75, 3.05) is 26.3 Å². The first-order valence-corrected chi connectivity index (χ1v) is 11.0. The minimum Gasteiger partial charge on any atom is -0.381 e. The van der Waals surface area contributed by atoms with Gasteiger partial charge < -0.3 is 14.2 Å². The van der Waals surface area contributed by atoms with Crippen LogP contribution in [0.15, 0.2) is 24.4 Å². The molecule has 172 valence electrons. The normalized spacial score (nSPS) is 14.9. The summed E-state index contributed by atoms with van der Waals surface area (Å²) in [5, 5.41) is 0. The fourth-order valence-corrected chi connectivity index (χ4v) is 4.03. The van der Waals surface area contributed by atoms with E-state index in [1.165, 1.54) is 6.07 Å². The predicted octanol–water partition coefficient (Wildman–Crippen LogP) is 5.32. The molecule has 1 aliphatic rings. The first-order valence-electron chi connectivity index (χ1n) is 11.0. The number of hydrogen-bond donors (Lipinski definition) is 0. The van der Waals surface area contributed by atoms with Gasteiger partial charge in [-0.2, -0.15) is 0 Å². The number of carbonyl (C=O) groups is 1. The summed E-state index contributed by atoms with van der Waals surface area (Å²) >= 11 is 0. The fraction of sp³-hybridized carbons (Fsp3) is 0.583. The maximum atomic E-state index is 14.5. The molecule has 0 N–H and O–H groups in total. The van der Waals surface area contributed by atoms with Crippen molar-refractivity contribution in [3.8, 4) is 11.3 Å². The number of rotatable bonds is 6. The molecule has 0 unspecified atom stereocenters. The summed E-state index contributed by atoms with van der Waals surface area (Å²) in [5.41, 5.74) is 1.53. The van der Waals surface area contributed by atoms with Crippen LogP contribution in [-0.2, 0) is 16.7 Å². The average molecular weight is 452 g/mol. The van der Waals surface area contributed by atoms with E-state index in [2.05, 4.69) is 31.5 Å². The molecule has 7 heteroatoms. The Hall–Kier alpha value is -1.92. The van der Waals surface area contributed by atoms with E-state index in [1.54, 1.807) is 17.0 Å². The van der Waals surface area contributed by atoms with Crippen LogP contribution in [0.4, 0.5) is 4.39 Å². The summed E-state index contributed by atoms with van der Waals surface area (Å²) in [6, 6.07) is 4.73. The van der Waals surface area contributed by atoms with Crippen LogP contribution in [0.1, 0.15) is 63.6 Å². The number of amides is 1. The van der Waals surface area contributed by atoms with Crippen LogP contribution in [0.5, 0.6) is 0 Å².